The van der Waals surface area contributed by atoms with Gasteiger partial charge in [-0.05, 0) is 6.92 Å². The van der Waals surface area contributed by atoms with Crippen LogP contribution in [-0.2, 0) is 0 Å². The normalized spacial score (nSPS) is 11.3. The maximum absolute atomic E-state index is 12.3. The van der Waals surface area contributed by atoms with Gasteiger partial charge in [0, 0.05) is 5.57 Å². The summed E-state index contributed by atoms with van der Waals surface area (Å²) in [5, 5.41) is 8.54. The van der Waals surface area contributed by atoms with E-state index in [9.17, 15) is 4.39 Å². The third-order valence-electron chi connectivity index (χ3n) is 0.939. The van der Waals surface area contributed by atoms with E-state index >= 15 is 0 Å². The molecule has 0 aromatic rings. The Labute approximate surface area is 60.2 Å². The van der Waals surface area contributed by atoms with Gasteiger partial charge in [-0.3, -0.25) is 0 Å². The first kappa shape index (κ1) is 9.11. The zero-order valence-corrected chi connectivity index (χ0v) is 6.02. The van der Waals surface area contributed by atoms with E-state index in [1.807, 2.05) is 0 Å². The minimum Gasteiger partial charge on any atom is -0.392 e. The highest BCUT2D eigenvalue weighted by molar-refractivity contribution is 5.30. The van der Waals surface area contributed by atoms with Crippen LogP contribution in [0.3, 0.4) is 0 Å². The molecule has 0 aliphatic rings. The first-order chi connectivity index (χ1) is 4.57. The number of hydrogen-bond donors (Lipinski definition) is 1. The zero-order valence-electron chi connectivity index (χ0n) is 6.02. The second kappa shape index (κ2) is 4.01. The van der Waals surface area contributed by atoms with Crippen LogP contribution >= 0.6 is 0 Å². The van der Waals surface area contributed by atoms with Crippen LogP contribution in [0.1, 0.15) is 6.92 Å². The van der Waals surface area contributed by atoms with E-state index in [1.54, 1.807) is 6.92 Å². The van der Waals surface area contributed by atoms with Crippen LogP contribution in [0.25, 0.3) is 0 Å². The highest BCUT2D eigenvalue weighted by atomic mass is 19.1. The summed E-state index contributed by atoms with van der Waals surface area (Å²) < 4.78 is 12.3. The van der Waals surface area contributed by atoms with Crippen LogP contribution < -0.4 is 0 Å². The molecular formula is C8H11FO. The van der Waals surface area contributed by atoms with E-state index in [1.165, 1.54) is 6.08 Å². The standard InChI is InChI=1S/C8H11FO/c1-6(2)4-8(5-10)7(3)9/h4,10H,1,3,5H2,2H3/b8-4-. The lowest BCUT2D eigenvalue weighted by atomic mass is 10.2. The number of aliphatic hydroxyl groups is 1. The Balaban J connectivity index is 4.34. The van der Waals surface area contributed by atoms with Gasteiger partial charge in [0.2, 0.25) is 0 Å². The minimum atomic E-state index is -0.606. The van der Waals surface area contributed by atoms with Gasteiger partial charge in [0.15, 0.2) is 0 Å². The summed E-state index contributed by atoms with van der Waals surface area (Å²) in [6.45, 7) is 7.96. The fourth-order valence-electron chi connectivity index (χ4n) is 0.507. The van der Waals surface area contributed by atoms with Crippen LogP contribution in [0.15, 0.2) is 36.2 Å². The topological polar surface area (TPSA) is 20.2 Å². The van der Waals surface area contributed by atoms with Gasteiger partial charge >= 0.3 is 0 Å². The van der Waals surface area contributed by atoms with Gasteiger partial charge in [0.25, 0.3) is 0 Å². The van der Waals surface area contributed by atoms with E-state index in [-0.39, 0.29) is 12.2 Å². The first-order valence-electron chi connectivity index (χ1n) is 2.89. The predicted molar refractivity (Wildman–Crippen MR) is 40.2 cm³/mol. The molecule has 0 aliphatic carbocycles. The molecular weight excluding hydrogens is 131 g/mol. The first-order valence-corrected chi connectivity index (χ1v) is 2.89. The van der Waals surface area contributed by atoms with Gasteiger partial charge in [0.1, 0.15) is 5.83 Å². The van der Waals surface area contributed by atoms with Gasteiger partial charge in [-0.25, -0.2) is 4.39 Å². The number of rotatable bonds is 3. The molecule has 0 aromatic heterocycles. The second-order valence-electron chi connectivity index (χ2n) is 2.08. The SMILES string of the molecule is C=C(C)/C=C(/CO)C(=C)F. The van der Waals surface area contributed by atoms with E-state index in [0.717, 1.165) is 0 Å². The van der Waals surface area contributed by atoms with Gasteiger partial charge in [-0.2, -0.15) is 0 Å². The molecule has 0 spiro atoms. The number of halogens is 1. The largest absolute Gasteiger partial charge is 0.392 e. The summed E-state index contributed by atoms with van der Waals surface area (Å²) in [4.78, 5) is 0. The highest BCUT2D eigenvalue weighted by Crippen LogP contribution is 2.09. The Morgan fingerprint density at radius 1 is 1.60 bits per heavy atom. The third-order valence-corrected chi connectivity index (χ3v) is 0.939. The van der Waals surface area contributed by atoms with Crippen molar-refractivity contribution in [2.75, 3.05) is 6.61 Å². The Bertz CT molecular complexity index is 180. The Morgan fingerprint density at radius 2 is 2.10 bits per heavy atom. The fraction of sp³-hybridized carbons (Fsp3) is 0.250. The molecule has 0 fully saturated rings. The Kier molecular flexibility index (Phi) is 3.65. The van der Waals surface area contributed by atoms with E-state index in [4.69, 9.17) is 5.11 Å². The lowest BCUT2D eigenvalue weighted by molar-refractivity contribution is 0.328. The molecule has 2 heteroatoms. The van der Waals surface area contributed by atoms with Crippen molar-refractivity contribution in [3.8, 4) is 0 Å². The molecule has 0 rings (SSSR count). The summed E-state index contributed by atoms with van der Waals surface area (Å²) in [5.41, 5.74) is 0.885. The Hall–Kier alpha value is -0.890. The van der Waals surface area contributed by atoms with Crippen molar-refractivity contribution in [3.63, 3.8) is 0 Å². The van der Waals surface area contributed by atoms with Crippen LogP contribution in [0.2, 0.25) is 0 Å². The highest BCUT2D eigenvalue weighted by Gasteiger charge is 1.97. The average Bonchev–Trinajstić information content (AvgIpc) is 1.81. The number of allylic oxidation sites excluding steroid dienone is 2. The molecule has 0 radical (unpaired) electrons. The van der Waals surface area contributed by atoms with Crippen LogP contribution in [0, 0.1) is 0 Å². The van der Waals surface area contributed by atoms with Gasteiger partial charge < -0.3 is 5.11 Å². The summed E-state index contributed by atoms with van der Waals surface area (Å²) >= 11 is 0. The van der Waals surface area contributed by atoms with Crippen LogP contribution in [0.5, 0.6) is 0 Å². The molecule has 0 bridgehead atoms. The van der Waals surface area contributed by atoms with Crippen molar-refractivity contribution in [3.05, 3.63) is 36.2 Å². The van der Waals surface area contributed by atoms with Crippen molar-refractivity contribution in [2.24, 2.45) is 0 Å². The predicted octanol–water partition coefficient (Wildman–Crippen LogP) is 1.96. The third kappa shape index (κ3) is 3.20. The average molecular weight is 142 g/mol. The van der Waals surface area contributed by atoms with Gasteiger partial charge in [-0.1, -0.05) is 24.8 Å². The molecule has 0 atom stereocenters. The summed E-state index contributed by atoms with van der Waals surface area (Å²) in [6.07, 6.45) is 1.46. The molecule has 0 aromatic carbocycles. The summed E-state index contributed by atoms with van der Waals surface area (Å²) in [7, 11) is 0. The minimum absolute atomic E-state index is 0.188. The lowest BCUT2D eigenvalue weighted by Gasteiger charge is -1.97. The molecule has 0 unspecified atom stereocenters. The molecule has 0 saturated carbocycles. The molecule has 56 valence electrons. The number of hydrogen-bond acceptors (Lipinski definition) is 1. The van der Waals surface area contributed by atoms with E-state index < -0.39 is 5.83 Å². The number of aliphatic hydroxyl groups excluding tert-OH is 1. The smallest absolute Gasteiger partial charge is 0.121 e. The summed E-state index contributed by atoms with van der Waals surface area (Å²) in [6, 6.07) is 0. The van der Waals surface area contributed by atoms with Gasteiger partial charge in [0.05, 0.1) is 6.61 Å². The second-order valence-corrected chi connectivity index (χ2v) is 2.08. The fourth-order valence-corrected chi connectivity index (χ4v) is 0.507. The molecule has 1 nitrogen and oxygen atoms in total. The quantitative estimate of drug-likeness (QED) is 0.597. The monoisotopic (exact) mass is 142 g/mol. The van der Waals surface area contributed by atoms with Crippen LogP contribution in [-0.4, -0.2) is 11.7 Å². The van der Waals surface area contributed by atoms with Crippen molar-refractivity contribution in [1.29, 1.82) is 0 Å². The molecule has 0 aliphatic heterocycles. The maximum atomic E-state index is 12.3. The van der Waals surface area contributed by atoms with E-state index in [2.05, 4.69) is 13.2 Å². The maximum Gasteiger partial charge on any atom is 0.121 e. The molecule has 0 heterocycles. The molecule has 0 saturated heterocycles. The van der Waals surface area contributed by atoms with Crippen molar-refractivity contribution in [2.45, 2.75) is 6.92 Å². The van der Waals surface area contributed by atoms with Crippen molar-refractivity contribution in [1.82, 2.24) is 0 Å². The summed E-state index contributed by atoms with van der Waals surface area (Å²) in [5.74, 6) is -0.606. The van der Waals surface area contributed by atoms with Crippen molar-refractivity contribution >= 4 is 0 Å². The van der Waals surface area contributed by atoms with Crippen molar-refractivity contribution < 1.29 is 9.50 Å². The van der Waals surface area contributed by atoms with Crippen LogP contribution in [0.4, 0.5) is 4.39 Å². The lowest BCUT2D eigenvalue weighted by Crippen LogP contribution is -1.89. The molecule has 10 heavy (non-hydrogen) atoms. The van der Waals surface area contributed by atoms with E-state index in [0.29, 0.717) is 5.57 Å². The Morgan fingerprint density at radius 3 is 2.20 bits per heavy atom. The van der Waals surface area contributed by atoms with Gasteiger partial charge in [-0.15, -0.1) is 0 Å². The molecule has 0 amide bonds. The zero-order chi connectivity index (χ0) is 8.15. The molecule has 1 N–H and O–H groups in total.